The number of nitrogens with zero attached hydrogens (tertiary/aromatic N) is 1. The van der Waals surface area contributed by atoms with Gasteiger partial charge in [0.1, 0.15) is 4.70 Å². The Morgan fingerprint density at radius 3 is 2.63 bits per heavy atom. The van der Waals surface area contributed by atoms with E-state index in [1.807, 2.05) is 31.2 Å². The van der Waals surface area contributed by atoms with E-state index in [0.717, 1.165) is 11.1 Å². The monoisotopic (exact) mass is 272 g/mol. The number of aryl methyl sites for hydroxylation is 1. The van der Waals surface area contributed by atoms with Crippen molar-refractivity contribution < 1.29 is 0 Å². The number of hydrogen-bond donors (Lipinski definition) is 1. The van der Waals surface area contributed by atoms with Crippen LogP contribution >= 0.6 is 11.3 Å². The van der Waals surface area contributed by atoms with E-state index in [9.17, 15) is 9.59 Å². The molecule has 0 bridgehead atoms. The van der Waals surface area contributed by atoms with Crippen molar-refractivity contribution in [1.29, 1.82) is 0 Å². The molecule has 0 aliphatic carbocycles. The lowest BCUT2D eigenvalue weighted by molar-refractivity contribution is 0.713. The van der Waals surface area contributed by atoms with Crippen LogP contribution in [0.25, 0.3) is 10.2 Å². The molecular weight excluding hydrogens is 260 g/mol. The molecule has 0 radical (unpaired) electrons. The fourth-order valence-electron chi connectivity index (χ4n) is 1.99. The summed E-state index contributed by atoms with van der Waals surface area (Å²) in [4.78, 5) is 26.9. The summed E-state index contributed by atoms with van der Waals surface area (Å²) in [6.07, 6.45) is 0. The van der Waals surface area contributed by atoms with Crippen LogP contribution in [-0.2, 0) is 6.54 Å². The predicted molar refractivity (Wildman–Crippen MR) is 77.0 cm³/mol. The molecule has 1 N–H and O–H groups in total. The molecule has 96 valence electrons. The van der Waals surface area contributed by atoms with Crippen LogP contribution in [0.1, 0.15) is 11.1 Å². The first-order chi connectivity index (χ1) is 9.15. The van der Waals surface area contributed by atoms with Gasteiger partial charge in [-0.3, -0.25) is 9.36 Å². The number of fused-ring (bicyclic) bond motifs is 1. The van der Waals surface area contributed by atoms with Crippen molar-refractivity contribution >= 4 is 21.6 Å². The second-order valence-corrected chi connectivity index (χ2v) is 5.39. The first-order valence-corrected chi connectivity index (χ1v) is 6.79. The van der Waals surface area contributed by atoms with Crippen LogP contribution in [0.2, 0.25) is 0 Å². The average molecular weight is 272 g/mol. The van der Waals surface area contributed by atoms with Gasteiger partial charge in [0.2, 0.25) is 0 Å². The molecule has 1 aromatic carbocycles. The Kier molecular flexibility index (Phi) is 2.83. The van der Waals surface area contributed by atoms with E-state index in [-0.39, 0.29) is 11.2 Å². The second kappa shape index (κ2) is 4.51. The molecule has 19 heavy (non-hydrogen) atoms. The summed E-state index contributed by atoms with van der Waals surface area (Å²) in [6.45, 7) is 2.29. The number of aromatic nitrogens is 2. The lowest BCUT2D eigenvalue weighted by Crippen LogP contribution is -2.34. The maximum atomic E-state index is 12.2. The van der Waals surface area contributed by atoms with Gasteiger partial charge < -0.3 is 4.98 Å². The highest BCUT2D eigenvalue weighted by Crippen LogP contribution is 2.12. The van der Waals surface area contributed by atoms with Crippen molar-refractivity contribution in [1.82, 2.24) is 9.55 Å². The highest BCUT2D eigenvalue weighted by molar-refractivity contribution is 7.17. The van der Waals surface area contributed by atoms with Crippen molar-refractivity contribution in [3.8, 4) is 0 Å². The summed E-state index contributed by atoms with van der Waals surface area (Å²) < 4.78 is 1.83. The van der Waals surface area contributed by atoms with Crippen LogP contribution in [0, 0.1) is 6.92 Å². The zero-order valence-corrected chi connectivity index (χ0v) is 11.2. The minimum atomic E-state index is -0.364. The topological polar surface area (TPSA) is 54.9 Å². The number of rotatable bonds is 2. The highest BCUT2D eigenvalue weighted by atomic mass is 32.1. The molecular formula is C14H12N2O2S. The summed E-state index contributed by atoms with van der Waals surface area (Å²) in [5.41, 5.74) is 2.11. The molecule has 5 heteroatoms. The Morgan fingerprint density at radius 2 is 1.89 bits per heavy atom. The molecule has 0 spiro atoms. The predicted octanol–water partition coefficient (Wildman–Crippen LogP) is 2.11. The van der Waals surface area contributed by atoms with Crippen LogP contribution < -0.4 is 11.2 Å². The normalized spacial score (nSPS) is 11.0. The SMILES string of the molecule is Cc1ccc(Cn2c(=O)[nH]c3ccsc3c2=O)cc1. The molecule has 4 nitrogen and oxygen atoms in total. The van der Waals surface area contributed by atoms with E-state index in [0.29, 0.717) is 16.8 Å². The van der Waals surface area contributed by atoms with Crippen molar-refractivity contribution in [2.75, 3.05) is 0 Å². The van der Waals surface area contributed by atoms with E-state index >= 15 is 0 Å². The smallest absolute Gasteiger partial charge is 0.306 e. The lowest BCUT2D eigenvalue weighted by atomic mass is 10.1. The van der Waals surface area contributed by atoms with Crippen molar-refractivity contribution in [2.45, 2.75) is 13.5 Å². The van der Waals surface area contributed by atoms with Crippen LogP contribution in [0.4, 0.5) is 0 Å². The van der Waals surface area contributed by atoms with Crippen molar-refractivity contribution in [2.24, 2.45) is 0 Å². The zero-order valence-electron chi connectivity index (χ0n) is 10.3. The molecule has 0 saturated heterocycles. The van der Waals surface area contributed by atoms with Gasteiger partial charge in [0.25, 0.3) is 5.56 Å². The Labute approximate surface area is 113 Å². The van der Waals surface area contributed by atoms with Gasteiger partial charge >= 0.3 is 5.69 Å². The maximum absolute atomic E-state index is 12.2. The third-order valence-corrected chi connectivity index (χ3v) is 3.96. The number of nitrogens with one attached hydrogen (secondary N) is 1. The molecule has 0 unspecified atom stereocenters. The van der Waals surface area contributed by atoms with E-state index in [2.05, 4.69) is 4.98 Å². The molecule has 0 saturated carbocycles. The number of aromatic amines is 1. The number of hydrogen-bond acceptors (Lipinski definition) is 3. The molecule has 2 aromatic heterocycles. The molecule has 0 aliphatic heterocycles. The van der Waals surface area contributed by atoms with Gasteiger partial charge in [0, 0.05) is 0 Å². The Bertz CT molecular complexity index is 840. The molecule has 0 atom stereocenters. The molecule has 0 aliphatic rings. The summed E-state index contributed by atoms with van der Waals surface area (Å²) in [7, 11) is 0. The van der Waals surface area contributed by atoms with E-state index < -0.39 is 0 Å². The number of benzene rings is 1. The van der Waals surface area contributed by atoms with Gasteiger partial charge in [0.15, 0.2) is 0 Å². The molecule has 3 aromatic rings. The highest BCUT2D eigenvalue weighted by Gasteiger charge is 2.08. The van der Waals surface area contributed by atoms with Crippen LogP contribution in [0.5, 0.6) is 0 Å². The van der Waals surface area contributed by atoms with Crippen LogP contribution in [-0.4, -0.2) is 9.55 Å². The standard InChI is InChI=1S/C14H12N2O2S/c1-9-2-4-10(5-3-9)8-16-13(17)12-11(6-7-19-12)15-14(16)18/h2-7H,8H2,1H3,(H,15,18). The first kappa shape index (κ1) is 11.9. The van der Waals surface area contributed by atoms with Gasteiger partial charge in [-0.05, 0) is 23.9 Å². The maximum Gasteiger partial charge on any atom is 0.329 e. The Balaban J connectivity index is 2.12. The van der Waals surface area contributed by atoms with E-state index in [4.69, 9.17) is 0 Å². The summed E-state index contributed by atoms with van der Waals surface area (Å²) in [5, 5.41) is 1.80. The minimum Gasteiger partial charge on any atom is -0.306 e. The van der Waals surface area contributed by atoms with Crippen molar-refractivity contribution in [3.63, 3.8) is 0 Å². The molecule has 0 fully saturated rings. The summed E-state index contributed by atoms with van der Waals surface area (Å²) >= 11 is 1.35. The third kappa shape index (κ3) is 2.13. The zero-order chi connectivity index (χ0) is 13.4. The van der Waals surface area contributed by atoms with Gasteiger partial charge in [0.05, 0.1) is 12.1 Å². The Hall–Kier alpha value is -2.14. The fraction of sp³-hybridized carbons (Fsp3) is 0.143. The number of thiophene rings is 1. The van der Waals surface area contributed by atoms with Crippen LogP contribution in [0.15, 0.2) is 45.3 Å². The number of H-pyrrole nitrogens is 1. The summed E-state index contributed by atoms with van der Waals surface area (Å²) in [5.74, 6) is 0. The van der Waals surface area contributed by atoms with Crippen molar-refractivity contribution in [3.05, 3.63) is 67.7 Å². The van der Waals surface area contributed by atoms with Gasteiger partial charge in [-0.25, -0.2) is 4.79 Å². The third-order valence-electron chi connectivity index (χ3n) is 3.05. The van der Waals surface area contributed by atoms with E-state index in [1.54, 1.807) is 11.4 Å². The molecule has 0 amide bonds. The van der Waals surface area contributed by atoms with Gasteiger partial charge in [-0.15, -0.1) is 11.3 Å². The fourth-order valence-corrected chi connectivity index (χ4v) is 2.79. The second-order valence-electron chi connectivity index (χ2n) is 4.47. The quantitative estimate of drug-likeness (QED) is 0.776. The first-order valence-electron chi connectivity index (χ1n) is 5.91. The molecule has 2 heterocycles. The van der Waals surface area contributed by atoms with Crippen LogP contribution in [0.3, 0.4) is 0 Å². The lowest BCUT2D eigenvalue weighted by Gasteiger charge is -2.05. The largest absolute Gasteiger partial charge is 0.329 e. The Morgan fingerprint density at radius 1 is 1.16 bits per heavy atom. The minimum absolute atomic E-state index is 0.227. The summed E-state index contributed by atoms with van der Waals surface area (Å²) in [6, 6.07) is 9.55. The van der Waals surface area contributed by atoms with Gasteiger partial charge in [-0.1, -0.05) is 29.8 Å². The average Bonchev–Trinajstić information content (AvgIpc) is 2.85. The molecule has 3 rings (SSSR count). The van der Waals surface area contributed by atoms with E-state index in [1.165, 1.54) is 15.9 Å². The van der Waals surface area contributed by atoms with Gasteiger partial charge in [-0.2, -0.15) is 0 Å².